The summed E-state index contributed by atoms with van der Waals surface area (Å²) >= 11 is 12.5. The van der Waals surface area contributed by atoms with Gasteiger partial charge in [0.05, 0.1) is 0 Å². The number of fused-ring (bicyclic) bond motifs is 1. The Kier molecular flexibility index (Phi) is 2.90. The molecule has 0 saturated carbocycles. The van der Waals surface area contributed by atoms with E-state index in [1.54, 1.807) is 0 Å². The third-order valence-corrected chi connectivity index (χ3v) is 3.31. The average molecular weight is 253 g/mol. The van der Waals surface area contributed by atoms with Crippen LogP contribution in [-0.2, 0) is 5.41 Å². The quantitative estimate of drug-likeness (QED) is 0.586. The van der Waals surface area contributed by atoms with Crippen LogP contribution in [0.2, 0.25) is 10.0 Å². The maximum Gasteiger partial charge on any atom is 0.0499 e. The van der Waals surface area contributed by atoms with Crippen molar-refractivity contribution in [1.29, 1.82) is 0 Å². The molecular formula is C14H14Cl2. The fraction of sp³-hybridized carbons (Fsp3) is 0.286. The molecule has 0 aliphatic carbocycles. The predicted octanol–water partition coefficient (Wildman–Crippen LogP) is 5.44. The van der Waals surface area contributed by atoms with Crippen LogP contribution in [0.1, 0.15) is 26.3 Å². The summed E-state index contributed by atoms with van der Waals surface area (Å²) in [6, 6.07) is 9.96. The molecule has 2 aromatic rings. The van der Waals surface area contributed by atoms with Crippen LogP contribution >= 0.6 is 23.2 Å². The zero-order valence-electron chi connectivity index (χ0n) is 9.64. The summed E-state index contributed by atoms with van der Waals surface area (Å²) in [6.45, 7) is 6.48. The summed E-state index contributed by atoms with van der Waals surface area (Å²) in [4.78, 5) is 0. The van der Waals surface area contributed by atoms with Crippen LogP contribution in [0.3, 0.4) is 0 Å². The first-order valence-electron chi connectivity index (χ1n) is 5.28. The van der Waals surface area contributed by atoms with Crippen molar-refractivity contribution in [3.8, 4) is 0 Å². The predicted molar refractivity (Wildman–Crippen MR) is 72.7 cm³/mol. The first-order valence-corrected chi connectivity index (χ1v) is 6.04. The van der Waals surface area contributed by atoms with E-state index in [1.165, 1.54) is 0 Å². The molecule has 0 heterocycles. The lowest BCUT2D eigenvalue weighted by molar-refractivity contribution is 0.596. The highest BCUT2D eigenvalue weighted by Crippen LogP contribution is 2.39. The Morgan fingerprint density at radius 2 is 1.44 bits per heavy atom. The number of rotatable bonds is 0. The molecule has 0 bridgehead atoms. The van der Waals surface area contributed by atoms with E-state index in [0.717, 1.165) is 21.4 Å². The molecule has 0 nitrogen and oxygen atoms in total. The SMILES string of the molecule is CC(C)(C)c1c(Cl)cc(Cl)c2ccccc12. The Morgan fingerprint density at radius 3 is 2.00 bits per heavy atom. The van der Waals surface area contributed by atoms with Crippen LogP contribution in [0.4, 0.5) is 0 Å². The Balaban J connectivity index is 2.93. The van der Waals surface area contributed by atoms with Crippen molar-refractivity contribution in [2.45, 2.75) is 26.2 Å². The lowest BCUT2D eigenvalue weighted by atomic mass is 9.83. The van der Waals surface area contributed by atoms with Gasteiger partial charge in [0.25, 0.3) is 0 Å². The highest BCUT2D eigenvalue weighted by atomic mass is 35.5. The van der Waals surface area contributed by atoms with E-state index in [4.69, 9.17) is 23.2 Å². The van der Waals surface area contributed by atoms with E-state index < -0.39 is 0 Å². The molecule has 2 heteroatoms. The van der Waals surface area contributed by atoms with Gasteiger partial charge in [-0.3, -0.25) is 0 Å². The summed E-state index contributed by atoms with van der Waals surface area (Å²) in [5.74, 6) is 0. The van der Waals surface area contributed by atoms with Crippen LogP contribution in [0, 0.1) is 0 Å². The van der Waals surface area contributed by atoms with E-state index in [0.29, 0.717) is 5.02 Å². The van der Waals surface area contributed by atoms with Gasteiger partial charge in [0, 0.05) is 15.4 Å². The number of hydrogen-bond donors (Lipinski definition) is 0. The van der Waals surface area contributed by atoms with Gasteiger partial charge in [-0.2, -0.15) is 0 Å². The van der Waals surface area contributed by atoms with Gasteiger partial charge in [-0.25, -0.2) is 0 Å². The Morgan fingerprint density at radius 1 is 0.875 bits per heavy atom. The second-order valence-corrected chi connectivity index (χ2v) is 5.83. The molecule has 84 valence electrons. The van der Waals surface area contributed by atoms with E-state index in [9.17, 15) is 0 Å². The first-order chi connectivity index (χ1) is 7.41. The van der Waals surface area contributed by atoms with Gasteiger partial charge in [0.2, 0.25) is 0 Å². The molecule has 0 saturated heterocycles. The number of halogens is 2. The van der Waals surface area contributed by atoms with Crippen LogP contribution in [-0.4, -0.2) is 0 Å². The number of hydrogen-bond acceptors (Lipinski definition) is 0. The topological polar surface area (TPSA) is 0 Å². The summed E-state index contributed by atoms with van der Waals surface area (Å²) in [5, 5.41) is 3.68. The third-order valence-electron chi connectivity index (χ3n) is 2.70. The summed E-state index contributed by atoms with van der Waals surface area (Å²) in [5.41, 5.74) is 1.18. The van der Waals surface area contributed by atoms with Crippen LogP contribution < -0.4 is 0 Å². The molecule has 2 rings (SSSR count). The van der Waals surface area contributed by atoms with Crippen molar-refractivity contribution in [3.63, 3.8) is 0 Å². The monoisotopic (exact) mass is 252 g/mol. The Bertz CT molecular complexity index is 536. The molecule has 0 fully saturated rings. The van der Waals surface area contributed by atoms with Gasteiger partial charge in [-0.1, -0.05) is 68.2 Å². The minimum atomic E-state index is 0.0152. The Labute approximate surface area is 106 Å². The molecule has 0 unspecified atom stereocenters. The molecule has 2 aromatic carbocycles. The molecule has 0 aromatic heterocycles. The normalized spacial score (nSPS) is 12.1. The summed E-state index contributed by atoms with van der Waals surface area (Å²) < 4.78 is 0. The fourth-order valence-electron chi connectivity index (χ4n) is 2.06. The van der Waals surface area contributed by atoms with Gasteiger partial charge < -0.3 is 0 Å². The zero-order valence-corrected chi connectivity index (χ0v) is 11.2. The molecule has 0 spiro atoms. The van der Waals surface area contributed by atoms with E-state index in [-0.39, 0.29) is 5.41 Å². The standard InChI is InChI=1S/C14H14Cl2/c1-14(2,3)13-10-7-5-4-6-9(10)11(15)8-12(13)16/h4-8H,1-3H3. The average Bonchev–Trinajstić information content (AvgIpc) is 2.15. The van der Waals surface area contributed by atoms with Crippen molar-refractivity contribution in [1.82, 2.24) is 0 Å². The van der Waals surface area contributed by atoms with Gasteiger partial charge in [-0.05, 0) is 22.4 Å². The Hall–Kier alpha value is -0.720. The largest absolute Gasteiger partial charge is 0.0839 e. The minimum absolute atomic E-state index is 0.0152. The van der Waals surface area contributed by atoms with Crippen molar-refractivity contribution >= 4 is 34.0 Å². The van der Waals surface area contributed by atoms with Crippen molar-refractivity contribution < 1.29 is 0 Å². The van der Waals surface area contributed by atoms with Crippen LogP contribution in [0.5, 0.6) is 0 Å². The van der Waals surface area contributed by atoms with Crippen molar-refractivity contribution in [2.75, 3.05) is 0 Å². The molecule has 0 aliphatic rings. The maximum atomic E-state index is 6.31. The molecule has 0 amide bonds. The van der Waals surface area contributed by atoms with Gasteiger partial charge in [0.15, 0.2) is 0 Å². The summed E-state index contributed by atoms with van der Waals surface area (Å²) in [7, 11) is 0. The third kappa shape index (κ3) is 1.92. The highest BCUT2D eigenvalue weighted by Gasteiger charge is 2.21. The van der Waals surface area contributed by atoms with E-state index >= 15 is 0 Å². The van der Waals surface area contributed by atoms with Crippen molar-refractivity contribution in [2.24, 2.45) is 0 Å². The van der Waals surface area contributed by atoms with Crippen LogP contribution in [0.25, 0.3) is 10.8 Å². The molecule has 0 aliphatic heterocycles. The van der Waals surface area contributed by atoms with E-state index in [1.807, 2.05) is 24.3 Å². The van der Waals surface area contributed by atoms with E-state index in [2.05, 4.69) is 26.8 Å². The fourth-order valence-corrected chi connectivity index (χ4v) is 2.89. The maximum absolute atomic E-state index is 6.31. The molecule has 0 radical (unpaired) electrons. The van der Waals surface area contributed by atoms with Crippen molar-refractivity contribution in [3.05, 3.63) is 45.9 Å². The van der Waals surface area contributed by atoms with Gasteiger partial charge in [-0.15, -0.1) is 0 Å². The highest BCUT2D eigenvalue weighted by molar-refractivity contribution is 6.39. The lowest BCUT2D eigenvalue weighted by Gasteiger charge is -2.23. The van der Waals surface area contributed by atoms with Gasteiger partial charge in [0.1, 0.15) is 0 Å². The zero-order chi connectivity index (χ0) is 11.9. The smallest absolute Gasteiger partial charge is 0.0499 e. The van der Waals surface area contributed by atoms with Crippen LogP contribution in [0.15, 0.2) is 30.3 Å². The second-order valence-electron chi connectivity index (χ2n) is 5.01. The summed E-state index contributed by atoms with van der Waals surface area (Å²) in [6.07, 6.45) is 0. The first kappa shape index (κ1) is 11.8. The molecule has 16 heavy (non-hydrogen) atoms. The second kappa shape index (κ2) is 3.94. The minimum Gasteiger partial charge on any atom is -0.0839 e. The molecule has 0 N–H and O–H groups in total. The lowest BCUT2D eigenvalue weighted by Crippen LogP contribution is -2.12. The molecule has 0 atom stereocenters. The molecular weight excluding hydrogens is 239 g/mol. The number of benzene rings is 2. The van der Waals surface area contributed by atoms with Gasteiger partial charge >= 0.3 is 0 Å².